The molecule has 5 rings (SSSR count). The fraction of sp³-hybridized carbons (Fsp3) is 0.125. The van der Waals surface area contributed by atoms with Gasteiger partial charge >= 0.3 is 12.1 Å². The number of nitrogens with zero attached hydrogens (tertiary/aromatic N) is 2. The molecule has 5 aromatic rings. The summed E-state index contributed by atoms with van der Waals surface area (Å²) in [5.74, 6) is -3.53. The van der Waals surface area contributed by atoms with Gasteiger partial charge in [0.25, 0.3) is 11.5 Å². The largest absolute Gasteiger partial charge is 0.490 e. The molecular formula is C24H17F4N5O5S. The Morgan fingerprint density at radius 1 is 1.08 bits per heavy atom. The number of benzene rings is 2. The van der Waals surface area contributed by atoms with Crippen LogP contribution in [0.1, 0.15) is 10.4 Å². The summed E-state index contributed by atoms with van der Waals surface area (Å²) in [5, 5.41) is 21.3. The van der Waals surface area contributed by atoms with Gasteiger partial charge in [-0.15, -0.1) is 0 Å². The van der Waals surface area contributed by atoms with E-state index in [2.05, 4.69) is 25.3 Å². The van der Waals surface area contributed by atoms with Gasteiger partial charge in [-0.25, -0.2) is 14.2 Å². The van der Waals surface area contributed by atoms with Gasteiger partial charge in [0.2, 0.25) is 0 Å². The lowest BCUT2D eigenvalue weighted by molar-refractivity contribution is -0.192. The van der Waals surface area contributed by atoms with Crippen LogP contribution in [-0.2, 0) is 4.79 Å². The summed E-state index contributed by atoms with van der Waals surface area (Å²) in [5.41, 5.74) is 1.32. The molecule has 3 heterocycles. The van der Waals surface area contributed by atoms with Crippen LogP contribution in [0.4, 0.5) is 17.6 Å². The molecule has 10 nitrogen and oxygen atoms in total. The number of carboxylic acid groups (broad SMARTS) is 1. The zero-order valence-electron chi connectivity index (χ0n) is 19.5. The number of imidazole rings is 1. The number of amides is 1. The number of nitrogens with one attached hydrogen (secondary N) is 3. The minimum atomic E-state index is -5.08. The van der Waals surface area contributed by atoms with Crippen molar-refractivity contribution in [2.75, 3.05) is 13.2 Å². The molecule has 2 aromatic carbocycles. The number of hydrogen-bond donors (Lipinski definition) is 5. The molecule has 0 unspecified atom stereocenters. The molecule has 0 saturated carbocycles. The molecule has 0 atom stereocenters. The standard InChI is InChI=1S/C22H16FN5O3S.C2HF3O2/c23-12-1-2-14-16(8-12)17-15(3-4-25-21(17)31)19-18(14)27-22(28-19)32-13-7-11(9-24-10-13)20(30)26-5-6-29;3-2(4,5)1(6)7/h1-4,7-10,29H,5-6H2,(H,25,31)(H,26,30)(H,27,28);(H,6,7). The zero-order chi connectivity index (χ0) is 28.3. The Morgan fingerprint density at radius 2 is 1.82 bits per heavy atom. The van der Waals surface area contributed by atoms with Crippen molar-refractivity contribution < 1.29 is 37.4 Å². The topological polar surface area (TPSA) is 161 Å². The van der Waals surface area contributed by atoms with E-state index in [0.29, 0.717) is 48.2 Å². The number of carbonyl (C=O) groups is 2. The Labute approximate surface area is 219 Å². The SMILES string of the molecule is O=C(NCCO)c1cncc(Sc2nc3c4cc[nH]c(=O)c4c4cc(F)ccc4c3[nH]2)c1.O=C(O)C(F)(F)F. The van der Waals surface area contributed by atoms with E-state index in [4.69, 9.17) is 15.0 Å². The minimum Gasteiger partial charge on any atom is -0.475 e. The fourth-order valence-corrected chi connectivity index (χ4v) is 4.47. The van der Waals surface area contributed by atoms with Gasteiger partial charge in [-0.05, 0) is 30.3 Å². The van der Waals surface area contributed by atoms with Crippen LogP contribution in [0.5, 0.6) is 0 Å². The van der Waals surface area contributed by atoms with Crippen molar-refractivity contribution in [3.63, 3.8) is 0 Å². The summed E-state index contributed by atoms with van der Waals surface area (Å²) >= 11 is 1.27. The molecule has 0 fully saturated rings. The number of aromatic nitrogens is 4. The number of aliphatic hydroxyl groups is 1. The van der Waals surface area contributed by atoms with Gasteiger partial charge in [-0.3, -0.25) is 14.6 Å². The van der Waals surface area contributed by atoms with Crippen molar-refractivity contribution in [2.45, 2.75) is 16.2 Å². The Balaban J connectivity index is 0.000000448. The van der Waals surface area contributed by atoms with Crippen molar-refractivity contribution in [3.05, 3.63) is 70.7 Å². The third-order valence-electron chi connectivity index (χ3n) is 5.25. The number of aromatic amines is 2. The third-order valence-corrected chi connectivity index (χ3v) is 6.09. The number of carboxylic acids is 1. The van der Waals surface area contributed by atoms with Crippen molar-refractivity contribution in [1.82, 2.24) is 25.3 Å². The van der Waals surface area contributed by atoms with Crippen molar-refractivity contribution in [3.8, 4) is 0 Å². The van der Waals surface area contributed by atoms with E-state index in [1.807, 2.05) is 0 Å². The summed E-state index contributed by atoms with van der Waals surface area (Å²) in [6, 6.07) is 7.73. The summed E-state index contributed by atoms with van der Waals surface area (Å²) in [7, 11) is 0. The first-order valence-corrected chi connectivity index (χ1v) is 11.8. The molecule has 0 bridgehead atoms. The molecule has 3 aromatic heterocycles. The molecule has 1 amide bonds. The first kappa shape index (κ1) is 27.5. The van der Waals surface area contributed by atoms with Crippen LogP contribution in [0.2, 0.25) is 0 Å². The highest BCUT2D eigenvalue weighted by molar-refractivity contribution is 7.99. The van der Waals surface area contributed by atoms with Gasteiger partial charge in [0.1, 0.15) is 5.82 Å². The number of pyridine rings is 2. The molecule has 15 heteroatoms. The van der Waals surface area contributed by atoms with Gasteiger partial charge in [0.05, 0.1) is 28.6 Å². The van der Waals surface area contributed by atoms with E-state index in [9.17, 15) is 27.2 Å². The predicted molar refractivity (Wildman–Crippen MR) is 133 cm³/mol. The van der Waals surface area contributed by atoms with Gasteiger partial charge in [0, 0.05) is 46.2 Å². The van der Waals surface area contributed by atoms with Crippen LogP contribution in [0.15, 0.2) is 63.8 Å². The van der Waals surface area contributed by atoms with E-state index in [-0.39, 0.29) is 24.6 Å². The number of H-pyrrole nitrogens is 2. The van der Waals surface area contributed by atoms with E-state index in [1.54, 1.807) is 24.4 Å². The molecular weight excluding hydrogens is 546 g/mol. The van der Waals surface area contributed by atoms with Crippen molar-refractivity contribution in [1.29, 1.82) is 0 Å². The number of fused-ring (bicyclic) bond motifs is 6. The smallest absolute Gasteiger partial charge is 0.475 e. The number of carbonyl (C=O) groups excluding carboxylic acids is 1. The summed E-state index contributed by atoms with van der Waals surface area (Å²) in [4.78, 5) is 48.9. The van der Waals surface area contributed by atoms with Gasteiger partial charge < -0.3 is 25.5 Å². The summed E-state index contributed by atoms with van der Waals surface area (Å²) < 4.78 is 45.7. The van der Waals surface area contributed by atoms with Crippen LogP contribution < -0.4 is 10.9 Å². The monoisotopic (exact) mass is 563 g/mol. The quantitative estimate of drug-likeness (QED) is 0.160. The van der Waals surface area contributed by atoms with E-state index >= 15 is 0 Å². The lowest BCUT2D eigenvalue weighted by atomic mass is 10.0. The maximum absolute atomic E-state index is 14.0. The second-order valence-corrected chi connectivity index (χ2v) is 8.91. The molecule has 5 N–H and O–H groups in total. The van der Waals surface area contributed by atoms with Gasteiger partial charge in [0.15, 0.2) is 5.16 Å². The van der Waals surface area contributed by atoms with Crippen LogP contribution in [0.3, 0.4) is 0 Å². The van der Waals surface area contributed by atoms with Crippen LogP contribution in [-0.4, -0.2) is 61.4 Å². The lowest BCUT2D eigenvalue weighted by Gasteiger charge is -2.05. The molecule has 0 radical (unpaired) electrons. The molecule has 0 aliphatic heterocycles. The van der Waals surface area contributed by atoms with Crippen LogP contribution in [0.25, 0.3) is 32.6 Å². The Bertz CT molecular complexity index is 1770. The molecule has 0 spiro atoms. The van der Waals surface area contributed by atoms with Crippen molar-refractivity contribution in [2.24, 2.45) is 0 Å². The second kappa shape index (κ2) is 11.1. The highest BCUT2D eigenvalue weighted by Crippen LogP contribution is 2.35. The number of rotatable bonds is 5. The zero-order valence-corrected chi connectivity index (χ0v) is 20.3. The number of hydrogen-bond acceptors (Lipinski definition) is 7. The summed E-state index contributed by atoms with van der Waals surface area (Å²) in [6.07, 6.45) is -0.497. The molecule has 0 aliphatic rings. The Kier molecular flexibility index (Phi) is 7.83. The normalized spacial score (nSPS) is 11.4. The number of aliphatic carboxylic acids is 1. The maximum Gasteiger partial charge on any atom is 0.490 e. The molecule has 39 heavy (non-hydrogen) atoms. The highest BCUT2D eigenvalue weighted by Gasteiger charge is 2.38. The lowest BCUT2D eigenvalue weighted by Crippen LogP contribution is -2.26. The van der Waals surface area contributed by atoms with Crippen molar-refractivity contribution >= 4 is 56.2 Å². The van der Waals surface area contributed by atoms with Gasteiger partial charge in [-0.2, -0.15) is 13.2 Å². The molecule has 0 aliphatic carbocycles. The van der Waals surface area contributed by atoms with Crippen LogP contribution in [0, 0.1) is 5.82 Å². The van der Waals surface area contributed by atoms with E-state index in [0.717, 1.165) is 0 Å². The second-order valence-electron chi connectivity index (χ2n) is 7.84. The average molecular weight is 563 g/mol. The van der Waals surface area contributed by atoms with E-state index in [1.165, 1.54) is 36.3 Å². The number of aliphatic hydroxyl groups excluding tert-OH is 1. The Morgan fingerprint density at radius 3 is 2.51 bits per heavy atom. The molecule has 202 valence electrons. The third kappa shape index (κ3) is 5.99. The number of halogens is 4. The fourth-order valence-electron chi connectivity index (χ4n) is 3.66. The number of alkyl halides is 3. The highest BCUT2D eigenvalue weighted by atomic mass is 32.2. The minimum absolute atomic E-state index is 0.152. The maximum atomic E-state index is 14.0. The van der Waals surface area contributed by atoms with E-state index < -0.39 is 18.0 Å². The van der Waals surface area contributed by atoms with Crippen LogP contribution >= 0.6 is 11.8 Å². The average Bonchev–Trinajstić information content (AvgIpc) is 3.31. The van der Waals surface area contributed by atoms with Gasteiger partial charge in [-0.1, -0.05) is 11.8 Å². The predicted octanol–water partition coefficient (Wildman–Crippen LogP) is 3.60. The molecule has 0 saturated heterocycles. The Hall–Kier alpha value is -4.50. The summed E-state index contributed by atoms with van der Waals surface area (Å²) in [6.45, 7) is 0.000884. The first-order valence-electron chi connectivity index (χ1n) is 10.9. The first-order chi connectivity index (χ1) is 18.5.